The molecular weight excluding hydrogens is 340 g/mol. The Kier molecular flexibility index (Phi) is 5.24. The maximum Gasteiger partial charge on any atom is 0.255 e. The van der Waals surface area contributed by atoms with Gasteiger partial charge in [0.05, 0.1) is 16.7 Å². The molecule has 1 aromatic carbocycles. The number of carbonyl (C=O) groups is 1. The Morgan fingerprint density at radius 3 is 2.40 bits per heavy atom. The summed E-state index contributed by atoms with van der Waals surface area (Å²) in [5.41, 5.74) is 1.34. The first-order chi connectivity index (χ1) is 12.0. The lowest BCUT2D eigenvalue weighted by Crippen LogP contribution is -2.35. The summed E-state index contributed by atoms with van der Waals surface area (Å²) < 4.78 is 31.9. The van der Waals surface area contributed by atoms with Crippen molar-refractivity contribution in [3.8, 4) is 0 Å². The van der Waals surface area contributed by atoms with Crippen LogP contribution in [0.15, 0.2) is 45.9 Å². The number of amides is 1. The second-order valence-electron chi connectivity index (χ2n) is 6.18. The smallest absolute Gasteiger partial charge is 0.255 e. The fraction of sp³-hybridized carbons (Fsp3) is 0.389. The van der Waals surface area contributed by atoms with E-state index in [0.717, 1.165) is 24.8 Å². The summed E-state index contributed by atoms with van der Waals surface area (Å²) in [6.45, 7) is 3.23. The van der Waals surface area contributed by atoms with E-state index in [1.54, 1.807) is 41.6 Å². The minimum Gasteiger partial charge on any atom is -0.469 e. The number of furan rings is 1. The van der Waals surface area contributed by atoms with Gasteiger partial charge in [-0.05, 0) is 43.5 Å². The lowest BCUT2D eigenvalue weighted by molar-refractivity contribution is 0.0949. The Bertz CT molecular complexity index is 834. The molecule has 1 aromatic heterocycles. The number of piperidine rings is 1. The minimum absolute atomic E-state index is 0.212. The lowest BCUT2D eigenvalue weighted by Gasteiger charge is -2.25. The summed E-state index contributed by atoms with van der Waals surface area (Å²) in [6.07, 6.45) is 4.39. The molecule has 0 atom stereocenters. The Morgan fingerprint density at radius 1 is 1.12 bits per heavy atom. The van der Waals surface area contributed by atoms with Crippen LogP contribution in [-0.4, -0.2) is 31.7 Å². The number of hydrogen-bond donors (Lipinski definition) is 1. The first kappa shape index (κ1) is 17.7. The van der Waals surface area contributed by atoms with E-state index >= 15 is 0 Å². The lowest BCUT2D eigenvalue weighted by atomic mass is 10.2. The van der Waals surface area contributed by atoms with Crippen LogP contribution in [0.4, 0.5) is 0 Å². The summed E-state index contributed by atoms with van der Waals surface area (Å²) in [6, 6.07) is 8.31. The molecule has 0 saturated carbocycles. The molecule has 0 spiro atoms. The zero-order chi connectivity index (χ0) is 17.9. The third-order valence-corrected chi connectivity index (χ3v) is 6.35. The third-order valence-electron chi connectivity index (χ3n) is 4.43. The number of nitrogens with one attached hydrogen (secondary N) is 1. The van der Waals surface area contributed by atoms with Crippen LogP contribution in [0.25, 0.3) is 0 Å². The predicted molar refractivity (Wildman–Crippen MR) is 93.7 cm³/mol. The van der Waals surface area contributed by atoms with Gasteiger partial charge in [-0.15, -0.1) is 0 Å². The van der Waals surface area contributed by atoms with Crippen molar-refractivity contribution in [3.63, 3.8) is 0 Å². The molecular formula is C18H22N2O4S. The van der Waals surface area contributed by atoms with Crippen molar-refractivity contribution < 1.29 is 17.6 Å². The monoisotopic (exact) mass is 362 g/mol. The van der Waals surface area contributed by atoms with E-state index in [-0.39, 0.29) is 5.91 Å². The highest BCUT2D eigenvalue weighted by molar-refractivity contribution is 7.89. The van der Waals surface area contributed by atoms with Gasteiger partial charge in [-0.25, -0.2) is 8.42 Å². The van der Waals surface area contributed by atoms with Crippen LogP contribution in [0.1, 0.15) is 40.9 Å². The van der Waals surface area contributed by atoms with Crippen molar-refractivity contribution in [3.05, 3.63) is 53.5 Å². The molecule has 2 heterocycles. The molecule has 25 heavy (non-hydrogen) atoms. The van der Waals surface area contributed by atoms with Crippen LogP contribution < -0.4 is 5.32 Å². The molecule has 134 valence electrons. The van der Waals surface area contributed by atoms with Gasteiger partial charge in [0.15, 0.2) is 0 Å². The van der Waals surface area contributed by atoms with E-state index in [9.17, 15) is 13.2 Å². The molecule has 0 bridgehead atoms. The number of sulfonamides is 1. The molecule has 0 aliphatic carbocycles. The number of aryl methyl sites for hydroxylation is 1. The van der Waals surface area contributed by atoms with Crippen LogP contribution in [-0.2, 0) is 16.6 Å². The summed E-state index contributed by atoms with van der Waals surface area (Å²) in [5, 5.41) is 2.80. The summed E-state index contributed by atoms with van der Waals surface area (Å²) in [5.74, 6) is 0.358. The predicted octanol–water partition coefficient (Wildman–Crippen LogP) is 2.69. The zero-order valence-corrected chi connectivity index (χ0v) is 15.0. The molecule has 3 rings (SSSR count). The van der Waals surface area contributed by atoms with Crippen LogP contribution >= 0.6 is 0 Å². The average Bonchev–Trinajstić information content (AvgIpc) is 3.07. The van der Waals surface area contributed by atoms with Crippen molar-refractivity contribution >= 4 is 15.9 Å². The minimum atomic E-state index is -3.42. The van der Waals surface area contributed by atoms with Gasteiger partial charge in [0.2, 0.25) is 10.0 Å². The highest BCUT2D eigenvalue weighted by atomic mass is 32.2. The van der Waals surface area contributed by atoms with Crippen molar-refractivity contribution in [2.24, 2.45) is 0 Å². The highest BCUT2D eigenvalue weighted by Crippen LogP contribution is 2.21. The molecule has 0 unspecified atom stereocenters. The van der Waals surface area contributed by atoms with Gasteiger partial charge in [-0.3, -0.25) is 4.79 Å². The molecule has 1 aliphatic rings. The maximum atomic E-state index is 12.6. The van der Waals surface area contributed by atoms with E-state index in [0.29, 0.717) is 35.9 Å². The molecule has 1 amide bonds. The van der Waals surface area contributed by atoms with Gasteiger partial charge < -0.3 is 9.73 Å². The Balaban J connectivity index is 1.64. The van der Waals surface area contributed by atoms with Gasteiger partial charge in [-0.2, -0.15) is 4.31 Å². The number of nitrogens with zero attached hydrogens (tertiary/aromatic N) is 1. The van der Waals surface area contributed by atoms with Crippen molar-refractivity contribution in [2.45, 2.75) is 37.6 Å². The van der Waals surface area contributed by atoms with Crippen molar-refractivity contribution in [2.75, 3.05) is 13.1 Å². The summed E-state index contributed by atoms with van der Waals surface area (Å²) in [4.78, 5) is 12.4. The molecule has 0 radical (unpaired) electrons. The second kappa shape index (κ2) is 7.41. The average molecular weight is 362 g/mol. The zero-order valence-electron chi connectivity index (χ0n) is 14.2. The molecule has 6 nitrogen and oxygen atoms in total. The first-order valence-electron chi connectivity index (χ1n) is 8.40. The summed E-state index contributed by atoms with van der Waals surface area (Å²) >= 11 is 0. The molecule has 1 N–H and O–H groups in total. The Morgan fingerprint density at radius 2 is 1.80 bits per heavy atom. The number of carbonyl (C=O) groups excluding carboxylic acids is 1. The second-order valence-corrected chi connectivity index (χ2v) is 8.12. The SMILES string of the molecule is Cc1occc1C(=O)NCc1ccc(S(=O)(=O)N2CCCCC2)cc1. The van der Waals surface area contributed by atoms with E-state index in [1.807, 2.05) is 0 Å². The molecule has 2 aromatic rings. The first-order valence-corrected chi connectivity index (χ1v) is 9.84. The summed E-state index contributed by atoms with van der Waals surface area (Å²) in [7, 11) is -3.42. The molecule has 1 fully saturated rings. The van der Waals surface area contributed by atoms with E-state index in [4.69, 9.17) is 4.42 Å². The van der Waals surface area contributed by atoms with E-state index in [1.165, 1.54) is 6.26 Å². The highest BCUT2D eigenvalue weighted by Gasteiger charge is 2.25. The van der Waals surface area contributed by atoms with E-state index in [2.05, 4.69) is 5.32 Å². The Labute approximate surface area is 147 Å². The molecule has 7 heteroatoms. The van der Waals surface area contributed by atoms with Crippen LogP contribution in [0, 0.1) is 6.92 Å². The number of rotatable bonds is 5. The number of benzene rings is 1. The van der Waals surface area contributed by atoms with Crippen molar-refractivity contribution in [1.82, 2.24) is 9.62 Å². The van der Waals surface area contributed by atoms with Crippen LogP contribution in [0.5, 0.6) is 0 Å². The van der Waals surface area contributed by atoms with Gasteiger partial charge in [0, 0.05) is 19.6 Å². The fourth-order valence-corrected chi connectivity index (χ4v) is 4.45. The normalized spacial score (nSPS) is 15.9. The molecule has 1 aliphatic heterocycles. The van der Waals surface area contributed by atoms with Gasteiger partial charge in [0.1, 0.15) is 5.76 Å². The van der Waals surface area contributed by atoms with Crippen LogP contribution in [0.2, 0.25) is 0 Å². The quantitative estimate of drug-likeness (QED) is 0.887. The van der Waals surface area contributed by atoms with Gasteiger partial charge in [0.25, 0.3) is 5.91 Å². The van der Waals surface area contributed by atoms with Crippen LogP contribution in [0.3, 0.4) is 0 Å². The fourth-order valence-electron chi connectivity index (χ4n) is 2.93. The van der Waals surface area contributed by atoms with E-state index < -0.39 is 10.0 Å². The Hall–Kier alpha value is -2.12. The standard InChI is InChI=1S/C18H22N2O4S/c1-14-17(9-12-24-14)18(21)19-13-15-5-7-16(8-6-15)25(22,23)20-10-3-2-4-11-20/h5-9,12H,2-4,10-11,13H2,1H3,(H,19,21). The molecule has 1 saturated heterocycles. The maximum absolute atomic E-state index is 12.6. The van der Waals surface area contributed by atoms with Gasteiger partial charge >= 0.3 is 0 Å². The largest absolute Gasteiger partial charge is 0.469 e. The van der Waals surface area contributed by atoms with Crippen molar-refractivity contribution in [1.29, 1.82) is 0 Å². The number of hydrogen-bond acceptors (Lipinski definition) is 4. The van der Waals surface area contributed by atoms with Gasteiger partial charge in [-0.1, -0.05) is 18.6 Å². The topological polar surface area (TPSA) is 79.6 Å². The third kappa shape index (κ3) is 3.93.